The zero-order chi connectivity index (χ0) is 13.0. The Hall–Kier alpha value is -0.820. The van der Waals surface area contributed by atoms with Gasteiger partial charge in [-0.2, -0.15) is 0 Å². The van der Waals surface area contributed by atoms with Crippen LogP contribution in [0.2, 0.25) is 0 Å². The van der Waals surface area contributed by atoms with Gasteiger partial charge in [-0.05, 0) is 62.8 Å². The van der Waals surface area contributed by atoms with Crippen molar-refractivity contribution >= 4 is 0 Å². The van der Waals surface area contributed by atoms with Crippen LogP contribution >= 0.6 is 0 Å². The van der Waals surface area contributed by atoms with E-state index in [1.54, 1.807) is 0 Å². The van der Waals surface area contributed by atoms with Gasteiger partial charge < -0.3 is 5.32 Å². The van der Waals surface area contributed by atoms with Crippen LogP contribution in [0.1, 0.15) is 61.8 Å². The Morgan fingerprint density at radius 3 is 2.50 bits per heavy atom. The first-order chi connectivity index (χ1) is 8.66. The Bertz CT molecular complexity index is 377. The lowest BCUT2D eigenvalue weighted by Crippen LogP contribution is -2.27. The lowest BCUT2D eigenvalue weighted by Gasteiger charge is -2.24. The van der Waals surface area contributed by atoms with Crippen LogP contribution < -0.4 is 5.32 Å². The van der Waals surface area contributed by atoms with E-state index in [0.29, 0.717) is 6.04 Å². The highest BCUT2D eigenvalue weighted by atomic mass is 14.9. The van der Waals surface area contributed by atoms with Crippen LogP contribution in [0.3, 0.4) is 0 Å². The first-order valence-electron chi connectivity index (χ1n) is 7.47. The predicted molar refractivity (Wildman–Crippen MR) is 78.9 cm³/mol. The monoisotopic (exact) mass is 245 g/mol. The molecule has 1 heteroatoms. The molecule has 1 aromatic rings. The molecule has 0 heterocycles. The molecule has 2 rings (SSSR count). The fraction of sp³-hybridized carbons (Fsp3) is 0.647. The number of hydrogen-bond donors (Lipinski definition) is 1. The minimum atomic E-state index is 0.478. The van der Waals surface area contributed by atoms with E-state index in [1.807, 2.05) is 0 Å². The summed E-state index contributed by atoms with van der Waals surface area (Å²) in [5.41, 5.74) is 4.21. The maximum Gasteiger partial charge on any atom is 0.0292 e. The van der Waals surface area contributed by atoms with Gasteiger partial charge in [0.25, 0.3) is 0 Å². The van der Waals surface area contributed by atoms with E-state index in [0.717, 1.165) is 5.92 Å². The average molecular weight is 245 g/mol. The molecule has 1 N–H and O–H groups in total. The van der Waals surface area contributed by atoms with Crippen LogP contribution in [0.4, 0.5) is 0 Å². The van der Waals surface area contributed by atoms with Gasteiger partial charge in [0.2, 0.25) is 0 Å². The number of aryl methyl sites for hydroxylation is 2. The van der Waals surface area contributed by atoms with Crippen LogP contribution in [0.25, 0.3) is 0 Å². The highest BCUT2D eigenvalue weighted by Gasteiger charge is 2.14. The molecule has 1 aliphatic carbocycles. The summed E-state index contributed by atoms with van der Waals surface area (Å²) in [6.07, 6.45) is 7.16. The fourth-order valence-corrected chi connectivity index (χ4v) is 2.89. The van der Waals surface area contributed by atoms with Crippen molar-refractivity contribution in [1.29, 1.82) is 0 Å². The van der Waals surface area contributed by atoms with E-state index in [4.69, 9.17) is 0 Å². The van der Waals surface area contributed by atoms with Crippen molar-refractivity contribution in [2.24, 2.45) is 5.92 Å². The fourth-order valence-electron chi connectivity index (χ4n) is 2.89. The van der Waals surface area contributed by atoms with Crippen LogP contribution in [-0.2, 0) is 0 Å². The Morgan fingerprint density at radius 2 is 1.83 bits per heavy atom. The van der Waals surface area contributed by atoms with Crippen molar-refractivity contribution in [3.8, 4) is 0 Å². The molecule has 0 saturated heterocycles. The van der Waals surface area contributed by atoms with Gasteiger partial charge in [0.1, 0.15) is 0 Å². The predicted octanol–water partition coefficient (Wildman–Crippen LogP) is 4.53. The third-order valence-corrected chi connectivity index (χ3v) is 4.47. The first-order valence-corrected chi connectivity index (χ1v) is 7.47. The molecule has 1 saturated carbocycles. The molecule has 1 aromatic carbocycles. The van der Waals surface area contributed by atoms with E-state index in [9.17, 15) is 0 Å². The summed E-state index contributed by atoms with van der Waals surface area (Å²) in [7, 11) is 0. The Kier molecular flexibility index (Phi) is 4.82. The standard InChI is InChI=1S/C17H27N/c1-13-9-10-17(11-14(13)2)15(3)18-12-16-7-5-4-6-8-16/h9-11,15-16,18H,4-8,12H2,1-3H3. The summed E-state index contributed by atoms with van der Waals surface area (Å²) in [6.45, 7) is 7.85. The van der Waals surface area contributed by atoms with Gasteiger partial charge in [-0.1, -0.05) is 37.5 Å². The van der Waals surface area contributed by atoms with E-state index in [2.05, 4.69) is 44.3 Å². The lowest BCUT2D eigenvalue weighted by atomic mass is 9.89. The molecule has 0 amide bonds. The largest absolute Gasteiger partial charge is 0.310 e. The summed E-state index contributed by atoms with van der Waals surface area (Å²) in [5, 5.41) is 3.72. The number of hydrogen-bond acceptors (Lipinski definition) is 1. The van der Waals surface area contributed by atoms with Crippen molar-refractivity contribution in [1.82, 2.24) is 5.32 Å². The zero-order valence-electron chi connectivity index (χ0n) is 12.1. The van der Waals surface area contributed by atoms with Crippen LogP contribution in [-0.4, -0.2) is 6.54 Å². The van der Waals surface area contributed by atoms with Gasteiger partial charge in [-0.3, -0.25) is 0 Å². The molecule has 1 nitrogen and oxygen atoms in total. The summed E-state index contributed by atoms with van der Waals surface area (Å²) in [4.78, 5) is 0. The van der Waals surface area contributed by atoms with E-state index in [1.165, 1.54) is 55.3 Å². The average Bonchev–Trinajstić information content (AvgIpc) is 2.40. The van der Waals surface area contributed by atoms with Gasteiger partial charge in [-0.15, -0.1) is 0 Å². The molecule has 0 aromatic heterocycles. The normalized spacial score (nSPS) is 18.8. The smallest absolute Gasteiger partial charge is 0.0292 e. The molecular formula is C17H27N. The van der Waals surface area contributed by atoms with E-state index in [-0.39, 0.29) is 0 Å². The highest BCUT2D eigenvalue weighted by molar-refractivity contribution is 5.31. The maximum atomic E-state index is 3.72. The minimum absolute atomic E-state index is 0.478. The van der Waals surface area contributed by atoms with Crippen LogP contribution in [0.5, 0.6) is 0 Å². The van der Waals surface area contributed by atoms with Crippen molar-refractivity contribution in [2.75, 3.05) is 6.54 Å². The topological polar surface area (TPSA) is 12.0 Å². The van der Waals surface area contributed by atoms with Gasteiger partial charge >= 0.3 is 0 Å². The molecular weight excluding hydrogens is 218 g/mol. The third-order valence-electron chi connectivity index (χ3n) is 4.47. The Balaban J connectivity index is 1.86. The first kappa shape index (κ1) is 13.6. The lowest BCUT2D eigenvalue weighted by molar-refractivity contribution is 0.331. The molecule has 1 atom stereocenters. The number of nitrogens with one attached hydrogen (secondary N) is 1. The van der Waals surface area contributed by atoms with Gasteiger partial charge in [0.15, 0.2) is 0 Å². The quantitative estimate of drug-likeness (QED) is 0.821. The second-order valence-electron chi connectivity index (χ2n) is 5.98. The second-order valence-corrected chi connectivity index (χ2v) is 5.98. The highest BCUT2D eigenvalue weighted by Crippen LogP contribution is 2.24. The summed E-state index contributed by atoms with van der Waals surface area (Å²) >= 11 is 0. The van der Waals surface area contributed by atoms with Gasteiger partial charge in [0, 0.05) is 6.04 Å². The Labute approximate surface area is 112 Å². The molecule has 0 radical (unpaired) electrons. The molecule has 1 aliphatic rings. The molecule has 18 heavy (non-hydrogen) atoms. The van der Waals surface area contributed by atoms with Crippen molar-refractivity contribution in [3.05, 3.63) is 34.9 Å². The van der Waals surface area contributed by atoms with Crippen molar-refractivity contribution in [2.45, 2.75) is 58.9 Å². The third kappa shape index (κ3) is 3.58. The molecule has 0 bridgehead atoms. The van der Waals surface area contributed by atoms with Crippen LogP contribution in [0, 0.1) is 19.8 Å². The maximum absolute atomic E-state index is 3.72. The molecule has 0 aliphatic heterocycles. The van der Waals surface area contributed by atoms with Crippen LogP contribution in [0.15, 0.2) is 18.2 Å². The summed E-state index contributed by atoms with van der Waals surface area (Å²) < 4.78 is 0. The van der Waals surface area contributed by atoms with Gasteiger partial charge in [0.05, 0.1) is 0 Å². The number of rotatable bonds is 4. The Morgan fingerprint density at radius 1 is 1.11 bits per heavy atom. The molecule has 0 spiro atoms. The van der Waals surface area contributed by atoms with Crippen molar-refractivity contribution in [3.63, 3.8) is 0 Å². The van der Waals surface area contributed by atoms with E-state index >= 15 is 0 Å². The van der Waals surface area contributed by atoms with Gasteiger partial charge in [-0.25, -0.2) is 0 Å². The van der Waals surface area contributed by atoms with E-state index < -0.39 is 0 Å². The van der Waals surface area contributed by atoms with Crippen molar-refractivity contribution < 1.29 is 0 Å². The summed E-state index contributed by atoms with van der Waals surface area (Å²) in [6, 6.07) is 7.31. The zero-order valence-corrected chi connectivity index (χ0v) is 12.1. The summed E-state index contributed by atoms with van der Waals surface area (Å²) in [5.74, 6) is 0.910. The SMILES string of the molecule is Cc1ccc(C(C)NCC2CCCCC2)cc1C. The molecule has 1 unspecified atom stereocenters. The molecule has 100 valence electrons. The number of benzene rings is 1. The second kappa shape index (κ2) is 6.38. The minimum Gasteiger partial charge on any atom is -0.310 e. The molecule has 1 fully saturated rings.